The highest BCUT2D eigenvalue weighted by atomic mass is 16.6. The fraction of sp³-hybridized carbons (Fsp3) is 0.640. The van der Waals surface area contributed by atoms with Crippen molar-refractivity contribution in [3.8, 4) is 0 Å². The molecule has 0 saturated heterocycles. The van der Waals surface area contributed by atoms with Crippen molar-refractivity contribution in [2.24, 2.45) is 16.7 Å². The minimum atomic E-state index is -0.494. The molecule has 2 bridgehead atoms. The minimum absolute atomic E-state index is 0.0942. The molecule has 0 heterocycles. The molecule has 2 saturated carbocycles. The number of esters is 3. The van der Waals surface area contributed by atoms with Gasteiger partial charge in [-0.25, -0.2) is 14.4 Å². The van der Waals surface area contributed by atoms with Crippen LogP contribution >= 0.6 is 0 Å². The van der Waals surface area contributed by atoms with Crippen LogP contribution < -0.4 is 0 Å². The van der Waals surface area contributed by atoms with Crippen molar-refractivity contribution in [3.05, 3.63) is 38.0 Å². The van der Waals surface area contributed by atoms with Crippen LogP contribution in [0.5, 0.6) is 0 Å². The quantitative estimate of drug-likeness (QED) is 0.280. The van der Waals surface area contributed by atoms with Gasteiger partial charge in [-0.1, -0.05) is 40.5 Å². The molecule has 2 aliphatic rings. The zero-order chi connectivity index (χ0) is 24.5. The summed E-state index contributed by atoms with van der Waals surface area (Å²) in [7, 11) is 0. The molecule has 2 fully saturated rings. The molecule has 0 aromatic heterocycles. The van der Waals surface area contributed by atoms with Gasteiger partial charge in [0.05, 0.1) is 12.7 Å². The molecular weight excluding hydrogens is 412 g/mol. The lowest BCUT2D eigenvalue weighted by Crippen LogP contribution is -2.38. The van der Waals surface area contributed by atoms with E-state index in [0.29, 0.717) is 11.3 Å². The third kappa shape index (κ3) is 7.05. The van der Waals surface area contributed by atoms with E-state index in [4.69, 9.17) is 18.9 Å². The molecule has 5 atom stereocenters. The number of rotatable bonds is 10. The molecule has 32 heavy (non-hydrogen) atoms. The third-order valence-electron chi connectivity index (χ3n) is 6.87. The lowest BCUT2D eigenvalue weighted by molar-refractivity contribution is -0.151. The summed E-state index contributed by atoms with van der Waals surface area (Å²) in [5.41, 5.74) is 0.468. The van der Waals surface area contributed by atoms with E-state index in [9.17, 15) is 14.4 Å². The molecule has 5 unspecified atom stereocenters. The Morgan fingerprint density at radius 2 is 1.53 bits per heavy atom. The summed E-state index contributed by atoms with van der Waals surface area (Å²) < 4.78 is 20.5. The molecule has 7 heteroatoms. The topological polar surface area (TPSA) is 88.1 Å². The average Bonchev–Trinajstić information content (AvgIpc) is 3.09. The van der Waals surface area contributed by atoms with Crippen LogP contribution in [0.4, 0.5) is 0 Å². The molecular formula is C25H38O7. The van der Waals surface area contributed by atoms with Crippen LogP contribution in [0.1, 0.15) is 53.9 Å². The first-order chi connectivity index (χ1) is 14.9. The van der Waals surface area contributed by atoms with Gasteiger partial charge >= 0.3 is 17.9 Å². The molecule has 0 aromatic rings. The Labute approximate surface area is 191 Å². The third-order valence-corrected chi connectivity index (χ3v) is 6.87. The van der Waals surface area contributed by atoms with Gasteiger partial charge in [0.15, 0.2) is 0 Å². The number of carbonyl (C=O) groups is 3. The van der Waals surface area contributed by atoms with Crippen molar-refractivity contribution < 1.29 is 33.3 Å². The van der Waals surface area contributed by atoms with Crippen LogP contribution in [0.15, 0.2) is 38.0 Å². The smallest absolute Gasteiger partial charge is 0.330 e. The van der Waals surface area contributed by atoms with Crippen molar-refractivity contribution in [2.75, 3.05) is 13.2 Å². The van der Waals surface area contributed by atoms with Crippen LogP contribution in [-0.2, 0) is 33.3 Å². The first-order valence-electron chi connectivity index (χ1n) is 11.0. The van der Waals surface area contributed by atoms with Crippen molar-refractivity contribution >= 4 is 17.9 Å². The first-order valence-corrected chi connectivity index (χ1v) is 11.0. The molecule has 180 valence electrons. The van der Waals surface area contributed by atoms with Crippen molar-refractivity contribution in [1.82, 2.24) is 0 Å². The first kappa shape index (κ1) is 27.6. The van der Waals surface area contributed by atoms with Crippen molar-refractivity contribution in [2.45, 2.75) is 72.2 Å². The molecule has 0 radical (unpaired) electrons. The average molecular weight is 451 g/mol. The van der Waals surface area contributed by atoms with Crippen LogP contribution in [0.2, 0.25) is 0 Å². The second-order valence-electron chi connectivity index (χ2n) is 9.17. The summed E-state index contributed by atoms with van der Waals surface area (Å²) in [6.45, 7) is 20.7. The second-order valence-corrected chi connectivity index (χ2v) is 9.17. The monoisotopic (exact) mass is 450 g/mol. The minimum Gasteiger partial charge on any atom is -0.460 e. The summed E-state index contributed by atoms with van der Waals surface area (Å²) >= 11 is 0. The van der Waals surface area contributed by atoms with Crippen LogP contribution in [0.3, 0.4) is 0 Å². The fourth-order valence-electron chi connectivity index (χ4n) is 4.38. The van der Waals surface area contributed by atoms with Gasteiger partial charge in [0, 0.05) is 23.6 Å². The van der Waals surface area contributed by atoms with E-state index in [2.05, 4.69) is 40.5 Å². The summed E-state index contributed by atoms with van der Waals surface area (Å²) in [6.07, 6.45) is 6.38. The zero-order valence-electron chi connectivity index (χ0n) is 20.1. The van der Waals surface area contributed by atoms with Gasteiger partial charge in [-0.05, 0) is 44.4 Å². The number of ether oxygens (including phenoxy) is 4. The van der Waals surface area contributed by atoms with E-state index in [1.165, 1.54) is 18.9 Å². The van der Waals surface area contributed by atoms with E-state index in [1.807, 2.05) is 0 Å². The summed E-state index contributed by atoms with van der Waals surface area (Å²) in [5.74, 6) is -0.548. The molecule has 0 aromatic carbocycles. The highest BCUT2D eigenvalue weighted by Gasteiger charge is 2.62. The Morgan fingerprint density at radius 1 is 0.938 bits per heavy atom. The standard InChI is InChI=1S/C13H20O2.C12H18O5/c1-5-11(14)15-10-8-9-6-7-13(10,4)12(9,2)3;1-5-11(13)16-7-9(3)15-8-10(4)17-12(14)6-2/h5,9-10H,1,6-8H2,2-4H3;5-6,9-10H,1-2,7-8H2,3-4H3. The van der Waals surface area contributed by atoms with Crippen molar-refractivity contribution in [1.29, 1.82) is 0 Å². The Balaban J connectivity index is 0.000000321. The van der Waals surface area contributed by atoms with Gasteiger partial charge < -0.3 is 18.9 Å². The molecule has 0 amide bonds. The van der Waals surface area contributed by atoms with Gasteiger partial charge in [-0.2, -0.15) is 0 Å². The van der Waals surface area contributed by atoms with E-state index in [0.717, 1.165) is 18.6 Å². The van der Waals surface area contributed by atoms with Crippen LogP contribution in [0.25, 0.3) is 0 Å². The summed E-state index contributed by atoms with van der Waals surface area (Å²) in [4.78, 5) is 32.9. The van der Waals surface area contributed by atoms with Crippen molar-refractivity contribution in [3.63, 3.8) is 0 Å². The number of hydrogen-bond donors (Lipinski definition) is 0. The van der Waals surface area contributed by atoms with E-state index in [-0.39, 0.29) is 42.9 Å². The maximum absolute atomic E-state index is 11.3. The van der Waals surface area contributed by atoms with Gasteiger partial charge in [0.1, 0.15) is 18.8 Å². The Morgan fingerprint density at radius 3 is 2.00 bits per heavy atom. The molecule has 2 aliphatic carbocycles. The molecule has 2 rings (SSSR count). The lowest BCUT2D eigenvalue weighted by Gasteiger charge is -2.38. The van der Waals surface area contributed by atoms with E-state index >= 15 is 0 Å². The van der Waals surface area contributed by atoms with Gasteiger partial charge in [-0.15, -0.1) is 0 Å². The maximum atomic E-state index is 11.3. The molecule has 7 nitrogen and oxygen atoms in total. The van der Waals surface area contributed by atoms with Gasteiger partial charge in [0.25, 0.3) is 0 Å². The van der Waals surface area contributed by atoms with E-state index in [1.54, 1.807) is 13.8 Å². The lowest BCUT2D eigenvalue weighted by atomic mass is 9.70. The SMILES string of the molecule is C=CC(=O)OC1CC2CCC1(C)C2(C)C.C=CC(=O)OCC(C)OCC(C)OC(=O)C=C. The normalized spacial score (nSPS) is 26.5. The fourth-order valence-corrected chi connectivity index (χ4v) is 4.38. The van der Waals surface area contributed by atoms with E-state index < -0.39 is 11.9 Å². The predicted molar refractivity (Wildman–Crippen MR) is 122 cm³/mol. The molecule has 0 aliphatic heterocycles. The second kappa shape index (κ2) is 12.0. The Bertz CT molecular complexity index is 711. The van der Waals surface area contributed by atoms with Gasteiger partial charge in [0.2, 0.25) is 0 Å². The predicted octanol–water partition coefficient (Wildman–Crippen LogP) is 4.17. The molecule has 0 spiro atoms. The number of carbonyl (C=O) groups excluding carboxylic acids is 3. The summed E-state index contributed by atoms with van der Waals surface area (Å²) in [5, 5.41) is 0. The molecule has 0 N–H and O–H groups in total. The summed E-state index contributed by atoms with van der Waals surface area (Å²) in [6, 6.07) is 0. The Hall–Kier alpha value is -2.41. The highest BCUT2D eigenvalue weighted by molar-refractivity contribution is 5.82. The Kier molecular flexibility index (Phi) is 10.4. The largest absolute Gasteiger partial charge is 0.460 e. The maximum Gasteiger partial charge on any atom is 0.330 e. The zero-order valence-corrected chi connectivity index (χ0v) is 20.1. The van der Waals surface area contributed by atoms with Gasteiger partial charge in [-0.3, -0.25) is 0 Å². The number of fused-ring (bicyclic) bond motifs is 2. The highest BCUT2D eigenvalue weighted by Crippen LogP contribution is 2.66. The van der Waals surface area contributed by atoms with Crippen LogP contribution in [0, 0.1) is 16.7 Å². The van der Waals surface area contributed by atoms with Crippen LogP contribution in [-0.4, -0.2) is 49.4 Å². The number of hydrogen-bond acceptors (Lipinski definition) is 7.